The molecule has 0 spiro atoms. The fraction of sp³-hybridized carbons (Fsp3) is 1.00. The lowest BCUT2D eigenvalue weighted by molar-refractivity contribution is 0.196. The van der Waals surface area contributed by atoms with Crippen molar-refractivity contribution in [2.45, 2.75) is 90.0 Å². The zero-order valence-corrected chi connectivity index (χ0v) is 11.4. The molecule has 1 atom stereocenters. The van der Waals surface area contributed by atoms with E-state index in [1.54, 1.807) is 0 Å². The largest absolute Gasteiger partial charge is 0.325 e. The van der Waals surface area contributed by atoms with E-state index >= 15 is 0 Å². The summed E-state index contributed by atoms with van der Waals surface area (Å²) in [4.78, 5) is 0. The molecule has 1 aliphatic carbocycles. The summed E-state index contributed by atoms with van der Waals surface area (Å²) in [5.74, 6) is 0.731. The first-order chi connectivity index (χ1) is 7.69. The second kappa shape index (κ2) is 7.32. The van der Waals surface area contributed by atoms with Crippen LogP contribution in [-0.4, -0.2) is 5.54 Å². The second-order valence-corrected chi connectivity index (χ2v) is 5.90. The maximum atomic E-state index is 6.54. The van der Waals surface area contributed by atoms with E-state index < -0.39 is 0 Å². The van der Waals surface area contributed by atoms with Gasteiger partial charge >= 0.3 is 0 Å². The van der Waals surface area contributed by atoms with Crippen molar-refractivity contribution < 1.29 is 0 Å². The molecule has 1 fully saturated rings. The molecule has 1 heteroatoms. The van der Waals surface area contributed by atoms with Crippen LogP contribution in [0.2, 0.25) is 0 Å². The SMILES string of the molecule is CCCCCCCC(C)C1(N)CCCCC1. The van der Waals surface area contributed by atoms with Crippen LogP contribution in [0.25, 0.3) is 0 Å². The summed E-state index contributed by atoms with van der Waals surface area (Å²) < 4.78 is 0. The Balaban J connectivity index is 2.15. The maximum absolute atomic E-state index is 6.54. The highest BCUT2D eigenvalue weighted by Gasteiger charge is 2.32. The van der Waals surface area contributed by atoms with E-state index in [0.717, 1.165) is 5.92 Å². The average Bonchev–Trinajstić information content (AvgIpc) is 2.29. The molecule has 96 valence electrons. The van der Waals surface area contributed by atoms with Gasteiger partial charge in [0.25, 0.3) is 0 Å². The Morgan fingerprint density at radius 3 is 2.25 bits per heavy atom. The molecule has 0 aliphatic heterocycles. The molecular formula is C15H31N. The first kappa shape index (κ1) is 14.0. The molecular weight excluding hydrogens is 194 g/mol. The molecule has 1 saturated carbocycles. The minimum atomic E-state index is 0.184. The Bertz CT molecular complexity index is 170. The molecule has 1 nitrogen and oxygen atoms in total. The standard InChI is InChI=1S/C15H31N/c1-3-4-5-6-8-11-14(2)15(16)12-9-7-10-13-15/h14H,3-13,16H2,1-2H3. The summed E-state index contributed by atoms with van der Waals surface area (Å²) in [5, 5.41) is 0. The van der Waals surface area contributed by atoms with Crippen molar-refractivity contribution in [1.29, 1.82) is 0 Å². The van der Waals surface area contributed by atoms with Gasteiger partial charge in [0, 0.05) is 5.54 Å². The minimum absolute atomic E-state index is 0.184. The lowest BCUT2D eigenvalue weighted by atomic mass is 9.72. The molecule has 0 amide bonds. The summed E-state index contributed by atoms with van der Waals surface area (Å²) in [5.41, 5.74) is 6.73. The predicted molar refractivity (Wildman–Crippen MR) is 72.5 cm³/mol. The summed E-state index contributed by atoms with van der Waals surface area (Å²) in [6, 6.07) is 0. The second-order valence-electron chi connectivity index (χ2n) is 5.90. The lowest BCUT2D eigenvalue weighted by Crippen LogP contribution is -2.47. The molecule has 0 aromatic carbocycles. The first-order valence-corrected chi connectivity index (χ1v) is 7.48. The van der Waals surface area contributed by atoms with Crippen LogP contribution in [-0.2, 0) is 0 Å². The third-order valence-corrected chi connectivity index (χ3v) is 4.51. The van der Waals surface area contributed by atoms with Crippen molar-refractivity contribution in [3.63, 3.8) is 0 Å². The highest BCUT2D eigenvalue weighted by molar-refractivity contribution is 4.91. The molecule has 0 aromatic rings. The molecule has 1 unspecified atom stereocenters. The number of hydrogen-bond donors (Lipinski definition) is 1. The summed E-state index contributed by atoms with van der Waals surface area (Å²) in [6.45, 7) is 4.66. The van der Waals surface area contributed by atoms with Gasteiger partial charge in [0.1, 0.15) is 0 Å². The zero-order valence-electron chi connectivity index (χ0n) is 11.4. The van der Waals surface area contributed by atoms with Crippen molar-refractivity contribution in [3.05, 3.63) is 0 Å². The van der Waals surface area contributed by atoms with Crippen molar-refractivity contribution >= 4 is 0 Å². The van der Waals surface area contributed by atoms with E-state index in [9.17, 15) is 0 Å². The van der Waals surface area contributed by atoms with Crippen molar-refractivity contribution in [2.24, 2.45) is 11.7 Å². The van der Waals surface area contributed by atoms with Crippen LogP contribution >= 0.6 is 0 Å². The monoisotopic (exact) mass is 225 g/mol. The number of unbranched alkanes of at least 4 members (excludes halogenated alkanes) is 4. The van der Waals surface area contributed by atoms with E-state index in [-0.39, 0.29) is 5.54 Å². The van der Waals surface area contributed by atoms with Crippen molar-refractivity contribution in [1.82, 2.24) is 0 Å². The predicted octanol–water partition coefficient (Wildman–Crippen LogP) is 4.64. The van der Waals surface area contributed by atoms with Gasteiger partial charge in [-0.15, -0.1) is 0 Å². The fourth-order valence-corrected chi connectivity index (χ4v) is 3.04. The summed E-state index contributed by atoms with van der Waals surface area (Å²) in [6.07, 6.45) is 15.0. The van der Waals surface area contributed by atoms with Gasteiger partial charge in [-0.2, -0.15) is 0 Å². The van der Waals surface area contributed by atoms with Crippen LogP contribution in [0.15, 0.2) is 0 Å². The average molecular weight is 225 g/mol. The lowest BCUT2D eigenvalue weighted by Gasteiger charge is -2.39. The van der Waals surface area contributed by atoms with Gasteiger partial charge in [-0.3, -0.25) is 0 Å². The van der Waals surface area contributed by atoms with Crippen molar-refractivity contribution in [3.8, 4) is 0 Å². The number of hydrogen-bond acceptors (Lipinski definition) is 1. The van der Waals surface area contributed by atoms with Gasteiger partial charge in [0.15, 0.2) is 0 Å². The van der Waals surface area contributed by atoms with Crippen LogP contribution in [0.3, 0.4) is 0 Å². The van der Waals surface area contributed by atoms with Crippen LogP contribution in [0.5, 0.6) is 0 Å². The summed E-state index contributed by atoms with van der Waals surface area (Å²) >= 11 is 0. The highest BCUT2D eigenvalue weighted by atomic mass is 14.8. The first-order valence-electron chi connectivity index (χ1n) is 7.48. The molecule has 0 bridgehead atoms. The number of nitrogens with two attached hydrogens (primary N) is 1. The Labute approximate surface area is 102 Å². The zero-order chi connectivity index (χ0) is 11.9. The quantitative estimate of drug-likeness (QED) is 0.627. The van der Waals surface area contributed by atoms with Gasteiger partial charge in [0.2, 0.25) is 0 Å². The minimum Gasteiger partial charge on any atom is -0.325 e. The fourth-order valence-electron chi connectivity index (χ4n) is 3.04. The van der Waals surface area contributed by atoms with E-state index in [1.807, 2.05) is 0 Å². The van der Waals surface area contributed by atoms with Crippen LogP contribution in [0.1, 0.15) is 84.5 Å². The highest BCUT2D eigenvalue weighted by Crippen LogP contribution is 2.34. The van der Waals surface area contributed by atoms with Gasteiger partial charge in [-0.1, -0.05) is 65.2 Å². The molecule has 1 aliphatic rings. The van der Waals surface area contributed by atoms with Crippen molar-refractivity contribution in [2.75, 3.05) is 0 Å². The molecule has 0 aromatic heterocycles. The topological polar surface area (TPSA) is 26.0 Å². The molecule has 2 N–H and O–H groups in total. The Morgan fingerprint density at radius 2 is 1.62 bits per heavy atom. The molecule has 16 heavy (non-hydrogen) atoms. The molecule has 0 saturated heterocycles. The normalized spacial score (nSPS) is 21.9. The molecule has 0 heterocycles. The summed E-state index contributed by atoms with van der Waals surface area (Å²) in [7, 11) is 0. The van der Waals surface area contributed by atoms with Crippen LogP contribution in [0, 0.1) is 5.92 Å². The Hall–Kier alpha value is -0.0400. The molecule has 0 radical (unpaired) electrons. The van der Waals surface area contributed by atoms with Crippen LogP contribution in [0.4, 0.5) is 0 Å². The Morgan fingerprint density at radius 1 is 1.00 bits per heavy atom. The van der Waals surface area contributed by atoms with Gasteiger partial charge < -0.3 is 5.73 Å². The van der Waals surface area contributed by atoms with E-state index in [1.165, 1.54) is 70.6 Å². The number of rotatable bonds is 7. The van der Waals surface area contributed by atoms with E-state index in [0.29, 0.717) is 0 Å². The van der Waals surface area contributed by atoms with Gasteiger partial charge in [-0.25, -0.2) is 0 Å². The third kappa shape index (κ3) is 4.45. The smallest absolute Gasteiger partial charge is 0.0180 e. The van der Waals surface area contributed by atoms with Crippen LogP contribution < -0.4 is 5.73 Å². The Kier molecular flexibility index (Phi) is 6.41. The maximum Gasteiger partial charge on any atom is 0.0180 e. The molecule has 1 rings (SSSR count). The van der Waals surface area contributed by atoms with E-state index in [4.69, 9.17) is 5.73 Å². The van der Waals surface area contributed by atoms with Gasteiger partial charge in [-0.05, 0) is 25.2 Å². The van der Waals surface area contributed by atoms with Gasteiger partial charge in [0.05, 0.1) is 0 Å². The van der Waals surface area contributed by atoms with E-state index in [2.05, 4.69) is 13.8 Å². The third-order valence-electron chi connectivity index (χ3n) is 4.51.